The number of fused-ring (bicyclic) bond motifs is 1. The summed E-state index contributed by atoms with van der Waals surface area (Å²) in [7, 11) is 0. The first-order valence-electron chi connectivity index (χ1n) is 7.58. The molecule has 0 spiro atoms. The number of rotatable bonds is 7. The van der Waals surface area contributed by atoms with E-state index in [0.717, 1.165) is 32.5 Å². The third kappa shape index (κ3) is 4.06. The number of thiazole rings is 1. The predicted molar refractivity (Wildman–Crippen MR) is 96.2 cm³/mol. The molecule has 120 valence electrons. The first-order chi connectivity index (χ1) is 10.5. The van der Waals surface area contributed by atoms with Crippen LogP contribution in [0.5, 0.6) is 0 Å². The minimum Gasteiger partial charge on any atom is -0.349 e. The fraction of sp³-hybridized carbons (Fsp3) is 0.500. The summed E-state index contributed by atoms with van der Waals surface area (Å²) in [5.74, 6) is 0.0505. The summed E-state index contributed by atoms with van der Waals surface area (Å²) in [6.07, 6.45) is 2.81. The van der Waals surface area contributed by atoms with E-state index in [2.05, 4.69) is 40.1 Å². The molecule has 0 radical (unpaired) electrons. The Hall–Kier alpha value is -0.980. The number of aromatic nitrogens is 1. The van der Waals surface area contributed by atoms with Crippen LogP contribution in [0.4, 0.5) is 0 Å². The summed E-state index contributed by atoms with van der Waals surface area (Å²) < 4.78 is 2.17. The Morgan fingerprint density at radius 1 is 1.41 bits per heavy atom. The maximum absolute atomic E-state index is 12.2. The monoisotopic (exact) mass is 383 g/mol. The van der Waals surface area contributed by atoms with Gasteiger partial charge in [0.2, 0.25) is 5.91 Å². The molecule has 22 heavy (non-hydrogen) atoms. The van der Waals surface area contributed by atoms with Gasteiger partial charge >= 0.3 is 0 Å². The Morgan fingerprint density at radius 3 is 2.77 bits per heavy atom. The van der Waals surface area contributed by atoms with Crippen LogP contribution in [0, 0.1) is 0 Å². The van der Waals surface area contributed by atoms with E-state index in [1.54, 1.807) is 11.3 Å². The van der Waals surface area contributed by atoms with Gasteiger partial charge in [-0.3, -0.25) is 4.79 Å². The summed E-state index contributed by atoms with van der Waals surface area (Å²) in [5.41, 5.74) is 6.53. The first kappa shape index (κ1) is 17.4. The van der Waals surface area contributed by atoms with Gasteiger partial charge in [0.15, 0.2) is 0 Å². The van der Waals surface area contributed by atoms with E-state index in [-0.39, 0.29) is 11.4 Å². The van der Waals surface area contributed by atoms with Gasteiger partial charge in [0.05, 0.1) is 20.8 Å². The number of halogens is 1. The number of carbonyl (C=O) groups is 1. The van der Waals surface area contributed by atoms with Crippen molar-refractivity contribution in [3.05, 3.63) is 27.7 Å². The van der Waals surface area contributed by atoms with Crippen molar-refractivity contribution in [2.24, 2.45) is 5.73 Å². The maximum atomic E-state index is 12.2. The van der Waals surface area contributed by atoms with Crippen LogP contribution in [0.1, 0.15) is 38.1 Å². The van der Waals surface area contributed by atoms with E-state index in [1.807, 2.05) is 18.2 Å². The van der Waals surface area contributed by atoms with Crippen molar-refractivity contribution in [2.75, 3.05) is 6.54 Å². The lowest BCUT2D eigenvalue weighted by Crippen LogP contribution is -2.52. The van der Waals surface area contributed by atoms with Crippen LogP contribution in [0.25, 0.3) is 10.2 Å². The molecule has 0 fully saturated rings. The van der Waals surface area contributed by atoms with Gasteiger partial charge in [-0.2, -0.15) is 0 Å². The summed E-state index contributed by atoms with van der Waals surface area (Å²) >= 11 is 5.10. The summed E-state index contributed by atoms with van der Waals surface area (Å²) in [4.78, 5) is 16.8. The summed E-state index contributed by atoms with van der Waals surface area (Å²) in [5, 5.41) is 4.09. The fourth-order valence-corrected chi connectivity index (χ4v) is 3.70. The van der Waals surface area contributed by atoms with Gasteiger partial charge in [-0.05, 0) is 31.0 Å². The molecule has 0 saturated heterocycles. The minimum absolute atomic E-state index is 0.0505. The lowest BCUT2D eigenvalue weighted by Gasteiger charge is -2.31. The number of nitrogens with zero attached hydrogens (tertiary/aromatic N) is 1. The zero-order valence-electron chi connectivity index (χ0n) is 13.0. The van der Waals surface area contributed by atoms with Crippen LogP contribution in [0.2, 0.25) is 0 Å². The SMILES string of the molecule is CCC(CC)(CN)NC(=O)CCc1nc2cc(Br)ccc2s1. The van der Waals surface area contributed by atoms with E-state index in [4.69, 9.17) is 5.73 Å². The number of nitrogens with one attached hydrogen (secondary N) is 1. The van der Waals surface area contributed by atoms with Crippen molar-refractivity contribution in [1.29, 1.82) is 0 Å². The Kier molecular flexibility index (Phi) is 5.94. The van der Waals surface area contributed by atoms with Gasteiger partial charge in [-0.15, -0.1) is 11.3 Å². The van der Waals surface area contributed by atoms with Gasteiger partial charge < -0.3 is 11.1 Å². The van der Waals surface area contributed by atoms with Crippen molar-refractivity contribution in [1.82, 2.24) is 10.3 Å². The van der Waals surface area contributed by atoms with Crippen LogP contribution >= 0.6 is 27.3 Å². The van der Waals surface area contributed by atoms with Gasteiger partial charge in [0.25, 0.3) is 0 Å². The molecule has 3 N–H and O–H groups in total. The highest BCUT2D eigenvalue weighted by Gasteiger charge is 2.26. The van der Waals surface area contributed by atoms with E-state index in [9.17, 15) is 4.79 Å². The third-order valence-corrected chi connectivity index (χ3v) is 5.70. The molecule has 0 unspecified atom stereocenters. The largest absolute Gasteiger partial charge is 0.349 e. The second-order valence-corrected chi connectivity index (χ2v) is 7.49. The topological polar surface area (TPSA) is 68.0 Å². The Bertz CT molecular complexity index is 644. The molecule has 0 aliphatic heterocycles. The molecule has 2 rings (SSSR count). The predicted octanol–water partition coefficient (Wildman–Crippen LogP) is 3.63. The number of aryl methyl sites for hydroxylation is 1. The fourth-order valence-electron chi connectivity index (χ4n) is 2.40. The second kappa shape index (κ2) is 7.53. The smallest absolute Gasteiger partial charge is 0.220 e. The van der Waals surface area contributed by atoms with Crippen LogP contribution < -0.4 is 11.1 Å². The molecule has 6 heteroatoms. The molecule has 2 aromatic rings. The lowest BCUT2D eigenvalue weighted by molar-refractivity contribution is -0.123. The standard InChI is InChI=1S/C16H22BrN3OS/c1-3-16(4-2,10-18)20-14(21)7-8-15-19-12-9-11(17)5-6-13(12)22-15/h5-6,9H,3-4,7-8,10,18H2,1-2H3,(H,20,21). The summed E-state index contributed by atoms with van der Waals surface area (Å²) in [6, 6.07) is 6.06. The average molecular weight is 384 g/mol. The molecular formula is C16H22BrN3OS. The zero-order valence-corrected chi connectivity index (χ0v) is 15.4. The Morgan fingerprint density at radius 2 is 2.14 bits per heavy atom. The molecule has 1 aromatic heterocycles. The van der Waals surface area contributed by atoms with E-state index < -0.39 is 0 Å². The number of benzene rings is 1. The van der Waals surface area contributed by atoms with Gasteiger partial charge in [-0.1, -0.05) is 29.8 Å². The molecule has 4 nitrogen and oxygen atoms in total. The highest BCUT2D eigenvalue weighted by molar-refractivity contribution is 9.10. The average Bonchev–Trinajstić information content (AvgIpc) is 2.93. The molecule has 0 aliphatic rings. The maximum Gasteiger partial charge on any atom is 0.220 e. The van der Waals surface area contributed by atoms with E-state index in [1.165, 1.54) is 0 Å². The highest BCUT2D eigenvalue weighted by atomic mass is 79.9. The van der Waals surface area contributed by atoms with Crippen molar-refractivity contribution < 1.29 is 4.79 Å². The van der Waals surface area contributed by atoms with Crippen LogP contribution in [0.3, 0.4) is 0 Å². The quantitative estimate of drug-likeness (QED) is 0.766. The van der Waals surface area contributed by atoms with Crippen LogP contribution in [-0.4, -0.2) is 23.0 Å². The number of nitrogens with two attached hydrogens (primary N) is 1. The van der Waals surface area contributed by atoms with Gasteiger partial charge in [-0.25, -0.2) is 4.98 Å². The summed E-state index contributed by atoms with van der Waals surface area (Å²) in [6.45, 7) is 4.59. The molecule has 0 saturated carbocycles. The van der Waals surface area contributed by atoms with Gasteiger partial charge in [0.1, 0.15) is 0 Å². The third-order valence-electron chi connectivity index (χ3n) is 4.11. The van der Waals surface area contributed by atoms with Crippen molar-refractivity contribution in [2.45, 2.75) is 45.1 Å². The first-order valence-corrected chi connectivity index (χ1v) is 9.19. The highest BCUT2D eigenvalue weighted by Crippen LogP contribution is 2.26. The minimum atomic E-state index is -0.268. The zero-order chi connectivity index (χ0) is 16.2. The van der Waals surface area contributed by atoms with Crippen LogP contribution in [-0.2, 0) is 11.2 Å². The van der Waals surface area contributed by atoms with Crippen molar-refractivity contribution in [3.8, 4) is 0 Å². The number of amides is 1. The van der Waals surface area contributed by atoms with Gasteiger partial charge in [0, 0.05) is 23.9 Å². The van der Waals surface area contributed by atoms with Crippen molar-refractivity contribution >= 4 is 43.4 Å². The molecule has 0 atom stereocenters. The van der Waals surface area contributed by atoms with Crippen LogP contribution in [0.15, 0.2) is 22.7 Å². The van der Waals surface area contributed by atoms with E-state index >= 15 is 0 Å². The Labute approximate surface area is 143 Å². The van der Waals surface area contributed by atoms with Crippen molar-refractivity contribution in [3.63, 3.8) is 0 Å². The lowest BCUT2D eigenvalue weighted by atomic mass is 9.92. The molecular weight excluding hydrogens is 362 g/mol. The molecule has 1 aromatic carbocycles. The number of hydrogen-bond acceptors (Lipinski definition) is 4. The Balaban J connectivity index is 1.97. The number of carbonyl (C=O) groups excluding carboxylic acids is 1. The molecule has 0 bridgehead atoms. The molecule has 1 heterocycles. The van der Waals surface area contributed by atoms with E-state index in [0.29, 0.717) is 19.4 Å². The molecule has 1 amide bonds. The normalized spacial score (nSPS) is 11.8. The second-order valence-electron chi connectivity index (χ2n) is 5.46. The number of hydrogen-bond donors (Lipinski definition) is 2. The molecule has 0 aliphatic carbocycles.